The molecule has 138 valence electrons. The van der Waals surface area contributed by atoms with Crippen molar-refractivity contribution < 1.29 is 18.7 Å². The molecule has 3 rings (SSSR count). The second-order valence-corrected chi connectivity index (χ2v) is 5.84. The number of carbonyl (C=O) groups is 2. The second kappa shape index (κ2) is 8.75. The monoisotopic (exact) mass is 367 g/mol. The van der Waals surface area contributed by atoms with Crippen LogP contribution in [0.25, 0.3) is 0 Å². The van der Waals surface area contributed by atoms with Crippen molar-refractivity contribution in [2.24, 2.45) is 0 Å². The second-order valence-electron chi connectivity index (χ2n) is 5.84. The minimum Gasteiger partial charge on any atom is -0.452 e. The smallest absolute Gasteiger partial charge is 0.338 e. The Morgan fingerprint density at radius 1 is 1.07 bits per heavy atom. The molecule has 0 aliphatic carbocycles. The van der Waals surface area contributed by atoms with Crippen LogP contribution < -0.4 is 5.32 Å². The molecular formula is C20H18FN3O3. The lowest BCUT2D eigenvalue weighted by atomic mass is 10.1. The highest BCUT2D eigenvalue weighted by Crippen LogP contribution is 2.08. The van der Waals surface area contributed by atoms with Gasteiger partial charge in [0.15, 0.2) is 6.61 Å². The highest BCUT2D eigenvalue weighted by atomic mass is 19.1. The van der Waals surface area contributed by atoms with Crippen LogP contribution >= 0.6 is 0 Å². The SMILES string of the molecule is O=C(COC(=O)c1ccc(Cn2cccn2)cc1)NCc1ccccc1F. The number of halogens is 1. The van der Waals surface area contributed by atoms with Gasteiger partial charge in [-0.25, -0.2) is 9.18 Å². The number of carbonyl (C=O) groups excluding carboxylic acids is 2. The van der Waals surface area contributed by atoms with Crippen LogP contribution in [0.4, 0.5) is 4.39 Å². The summed E-state index contributed by atoms with van der Waals surface area (Å²) in [5, 5.41) is 6.63. The summed E-state index contributed by atoms with van der Waals surface area (Å²) in [6, 6.07) is 14.9. The summed E-state index contributed by atoms with van der Waals surface area (Å²) in [5.41, 5.74) is 1.70. The van der Waals surface area contributed by atoms with Crippen LogP contribution in [0, 0.1) is 5.82 Å². The Kier molecular flexibility index (Phi) is 5.94. The van der Waals surface area contributed by atoms with Gasteiger partial charge in [0.2, 0.25) is 0 Å². The maximum atomic E-state index is 13.5. The molecule has 1 N–H and O–H groups in total. The Bertz CT molecular complexity index is 908. The minimum atomic E-state index is -0.596. The van der Waals surface area contributed by atoms with E-state index in [0.29, 0.717) is 17.7 Å². The number of rotatable bonds is 7. The van der Waals surface area contributed by atoms with Gasteiger partial charge in [-0.05, 0) is 29.8 Å². The van der Waals surface area contributed by atoms with Crippen molar-refractivity contribution in [2.75, 3.05) is 6.61 Å². The van der Waals surface area contributed by atoms with Crippen LogP contribution in [0.2, 0.25) is 0 Å². The molecule has 1 aromatic heterocycles. The van der Waals surface area contributed by atoms with E-state index in [2.05, 4.69) is 10.4 Å². The topological polar surface area (TPSA) is 73.2 Å². The third-order valence-corrected chi connectivity index (χ3v) is 3.86. The van der Waals surface area contributed by atoms with Gasteiger partial charge in [0.05, 0.1) is 12.1 Å². The van der Waals surface area contributed by atoms with Gasteiger partial charge in [-0.15, -0.1) is 0 Å². The molecule has 0 aliphatic heterocycles. The summed E-state index contributed by atoms with van der Waals surface area (Å²) in [7, 11) is 0. The third kappa shape index (κ3) is 5.24. The van der Waals surface area contributed by atoms with E-state index in [1.54, 1.807) is 53.3 Å². The van der Waals surface area contributed by atoms with Gasteiger partial charge in [-0.3, -0.25) is 9.48 Å². The van der Waals surface area contributed by atoms with E-state index in [1.807, 2.05) is 12.3 Å². The van der Waals surface area contributed by atoms with Gasteiger partial charge in [-0.1, -0.05) is 30.3 Å². The molecule has 7 heteroatoms. The molecule has 0 aliphatic rings. The Labute approximate surface area is 155 Å². The highest BCUT2D eigenvalue weighted by Gasteiger charge is 2.11. The number of esters is 1. The standard InChI is InChI=1S/C20H18FN3O3/c21-18-5-2-1-4-17(18)12-22-19(25)14-27-20(26)16-8-6-15(7-9-16)13-24-11-3-10-23-24/h1-11H,12-14H2,(H,22,25). The van der Waals surface area contributed by atoms with Crippen molar-refractivity contribution in [3.8, 4) is 0 Å². The number of hydrogen-bond acceptors (Lipinski definition) is 4. The molecule has 0 bridgehead atoms. The summed E-state index contributed by atoms with van der Waals surface area (Å²) in [6.45, 7) is 0.203. The van der Waals surface area contributed by atoms with Crippen LogP contribution in [0.15, 0.2) is 67.0 Å². The van der Waals surface area contributed by atoms with E-state index in [4.69, 9.17) is 4.74 Å². The summed E-state index contributed by atoms with van der Waals surface area (Å²) in [4.78, 5) is 23.8. The van der Waals surface area contributed by atoms with Crippen molar-refractivity contribution in [3.05, 3.63) is 89.5 Å². The van der Waals surface area contributed by atoms with Crippen LogP contribution in [0.3, 0.4) is 0 Å². The maximum absolute atomic E-state index is 13.5. The molecule has 0 saturated heterocycles. The average Bonchev–Trinajstić information content (AvgIpc) is 3.19. The molecule has 0 radical (unpaired) electrons. The molecule has 1 amide bonds. The van der Waals surface area contributed by atoms with E-state index in [0.717, 1.165) is 5.56 Å². The first-order chi connectivity index (χ1) is 13.1. The van der Waals surface area contributed by atoms with E-state index in [1.165, 1.54) is 6.07 Å². The lowest BCUT2D eigenvalue weighted by Crippen LogP contribution is -2.28. The molecule has 0 saturated carbocycles. The largest absolute Gasteiger partial charge is 0.452 e. The number of nitrogens with zero attached hydrogens (tertiary/aromatic N) is 2. The molecule has 0 fully saturated rings. The number of hydrogen-bond donors (Lipinski definition) is 1. The Morgan fingerprint density at radius 2 is 1.85 bits per heavy atom. The molecule has 3 aromatic rings. The van der Waals surface area contributed by atoms with Gasteiger partial charge in [0, 0.05) is 24.5 Å². The zero-order valence-corrected chi connectivity index (χ0v) is 14.5. The molecule has 6 nitrogen and oxygen atoms in total. The van der Waals surface area contributed by atoms with Crippen molar-refractivity contribution in [3.63, 3.8) is 0 Å². The molecule has 27 heavy (non-hydrogen) atoms. The maximum Gasteiger partial charge on any atom is 0.338 e. The highest BCUT2D eigenvalue weighted by molar-refractivity contribution is 5.91. The average molecular weight is 367 g/mol. The lowest BCUT2D eigenvalue weighted by Gasteiger charge is -2.08. The van der Waals surface area contributed by atoms with Crippen molar-refractivity contribution in [1.82, 2.24) is 15.1 Å². The molecule has 0 atom stereocenters. The van der Waals surface area contributed by atoms with E-state index in [-0.39, 0.29) is 6.54 Å². The number of ether oxygens (including phenoxy) is 1. The number of benzene rings is 2. The predicted molar refractivity (Wildman–Crippen MR) is 96.3 cm³/mol. The molecule has 2 aromatic carbocycles. The number of nitrogens with one attached hydrogen (secondary N) is 1. The molecule has 1 heterocycles. The summed E-state index contributed by atoms with van der Waals surface area (Å²) in [6.07, 6.45) is 3.55. The summed E-state index contributed by atoms with van der Waals surface area (Å²) >= 11 is 0. The first-order valence-corrected chi connectivity index (χ1v) is 8.35. The zero-order chi connectivity index (χ0) is 19.1. The van der Waals surface area contributed by atoms with Crippen molar-refractivity contribution in [2.45, 2.75) is 13.1 Å². The fraction of sp³-hybridized carbons (Fsp3) is 0.150. The van der Waals surface area contributed by atoms with E-state index in [9.17, 15) is 14.0 Å². The fourth-order valence-corrected chi connectivity index (χ4v) is 2.43. The van der Waals surface area contributed by atoms with Crippen molar-refractivity contribution >= 4 is 11.9 Å². The fourth-order valence-electron chi connectivity index (χ4n) is 2.43. The number of aromatic nitrogens is 2. The van der Waals surface area contributed by atoms with Gasteiger partial charge in [0.25, 0.3) is 5.91 Å². The van der Waals surface area contributed by atoms with Gasteiger partial charge < -0.3 is 10.1 Å². The van der Waals surface area contributed by atoms with Crippen LogP contribution in [0.1, 0.15) is 21.5 Å². The first-order valence-electron chi connectivity index (χ1n) is 8.35. The van der Waals surface area contributed by atoms with Gasteiger partial charge in [-0.2, -0.15) is 5.10 Å². The summed E-state index contributed by atoms with van der Waals surface area (Å²) < 4.78 is 20.2. The third-order valence-electron chi connectivity index (χ3n) is 3.86. The predicted octanol–water partition coefficient (Wildman–Crippen LogP) is 2.54. The Balaban J connectivity index is 1.45. The Morgan fingerprint density at radius 3 is 2.56 bits per heavy atom. The van der Waals surface area contributed by atoms with E-state index < -0.39 is 24.3 Å². The normalized spacial score (nSPS) is 10.4. The van der Waals surface area contributed by atoms with Crippen LogP contribution in [0.5, 0.6) is 0 Å². The lowest BCUT2D eigenvalue weighted by molar-refractivity contribution is -0.124. The van der Waals surface area contributed by atoms with Crippen LogP contribution in [-0.4, -0.2) is 28.3 Å². The zero-order valence-electron chi connectivity index (χ0n) is 14.5. The molecule has 0 unspecified atom stereocenters. The number of amides is 1. The quantitative estimate of drug-likeness (QED) is 0.652. The Hall–Kier alpha value is -3.48. The van der Waals surface area contributed by atoms with Gasteiger partial charge in [0.1, 0.15) is 5.82 Å². The minimum absolute atomic E-state index is 0.0329. The molecular weight excluding hydrogens is 349 g/mol. The first kappa shape index (κ1) is 18.3. The van der Waals surface area contributed by atoms with Crippen LogP contribution in [-0.2, 0) is 22.6 Å². The summed E-state index contributed by atoms with van der Waals surface area (Å²) in [5.74, 6) is -1.49. The van der Waals surface area contributed by atoms with Gasteiger partial charge >= 0.3 is 5.97 Å². The molecule has 0 spiro atoms. The van der Waals surface area contributed by atoms with E-state index >= 15 is 0 Å². The van der Waals surface area contributed by atoms with Crippen molar-refractivity contribution in [1.29, 1.82) is 0 Å².